The first-order valence-corrected chi connectivity index (χ1v) is 27.5. The van der Waals surface area contributed by atoms with Crippen LogP contribution in [-0.2, 0) is 23.8 Å². The fourth-order valence-electron chi connectivity index (χ4n) is 8.01. The SMILES string of the molecule is CCCCC/C=C\C/C=C\CCCCCCCCCCOCC(COC(=O)CCCCCCC/C=C\CCCCCCCC)OC(=O)CCCCCCCCCCCCCCC. The Hall–Kier alpha value is -1.88. The van der Waals surface area contributed by atoms with Gasteiger partial charge in [-0.1, -0.05) is 237 Å². The first-order valence-electron chi connectivity index (χ1n) is 27.5. The van der Waals surface area contributed by atoms with Crippen molar-refractivity contribution in [2.24, 2.45) is 0 Å². The second kappa shape index (κ2) is 53.5. The van der Waals surface area contributed by atoms with Crippen molar-refractivity contribution in [1.29, 1.82) is 0 Å². The van der Waals surface area contributed by atoms with Crippen molar-refractivity contribution in [2.75, 3.05) is 19.8 Å². The standard InChI is InChI=1S/C57H106O5/c1-4-7-10-13-16-19-22-25-27-28-29-31-34-37-40-43-46-49-52-60-53-55(62-57(59)51-48-45-42-39-36-32-24-21-18-15-12-9-6-3)54-61-56(58)50-47-44-41-38-35-33-30-26-23-20-17-14-11-8-5-2/h16,19,25-27,30,55H,4-15,17-18,20-24,28-29,31-54H2,1-3H3/b19-16-,27-25-,30-26-. The molecule has 1 atom stereocenters. The molecular formula is C57H106O5. The van der Waals surface area contributed by atoms with Crippen LogP contribution < -0.4 is 0 Å². The van der Waals surface area contributed by atoms with Crippen LogP contribution in [-0.4, -0.2) is 37.9 Å². The van der Waals surface area contributed by atoms with E-state index in [1.807, 2.05) is 0 Å². The lowest BCUT2D eigenvalue weighted by atomic mass is 10.0. The molecule has 5 nitrogen and oxygen atoms in total. The van der Waals surface area contributed by atoms with Gasteiger partial charge in [0.15, 0.2) is 6.10 Å². The summed E-state index contributed by atoms with van der Waals surface area (Å²) in [5.41, 5.74) is 0. The number of esters is 2. The van der Waals surface area contributed by atoms with E-state index < -0.39 is 6.10 Å². The molecule has 364 valence electrons. The first kappa shape index (κ1) is 60.1. The second-order valence-electron chi connectivity index (χ2n) is 18.5. The highest BCUT2D eigenvalue weighted by Crippen LogP contribution is 2.15. The minimum Gasteiger partial charge on any atom is -0.462 e. The zero-order valence-electron chi connectivity index (χ0n) is 41.9. The number of allylic oxidation sites excluding steroid dienone is 6. The van der Waals surface area contributed by atoms with Gasteiger partial charge in [-0.2, -0.15) is 0 Å². The van der Waals surface area contributed by atoms with Gasteiger partial charge >= 0.3 is 11.9 Å². The third kappa shape index (κ3) is 50.8. The van der Waals surface area contributed by atoms with E-state index in [0.29, 0.717) is 19.4 Å². The van der Waals surface area contributed by atoms with Crippen molar-refractivity contribution < 1.29 is 23.8 Å². The molecule has 0 spiro atoms. The van der Waals surface area contributed by atoms with Crippen molar-refractivity contribution in [2.45, 2.75) is 297 Å². The Morgan fingerprint density at radius 3 is 1.11 bits per heavy atom. The summed E-state index contributed by atoms with van der Waals surface area (Å²) in [6.07, 6.45) is 64.4. The molecule has 0 saturated carbocycles. The molecule has 0 aromatic heterocycles. The third-order valence-corrected chi connectivity index (χ3v) is 12.1. The van der Waals surface area contributed by atoms with Crippen molar-refractivity contribution in [1.82, 2.24) is 0 Å². The van der Waals surface area contributed by atoms with Gasteiger partial charge in [-0.05, 0) is 77.0 Å². The summed E-state index contributed by atoms with van der Waals surface area (Å²) in [6.45, 7) is 7.82. The Bertz CT molecular complexity index is 986. The molecule has 0 N–H and O–H groups in total. The minimum atomic E-state index is -0.538. The molecule has 0 aromatic carbocycles. The quantitative estimate of drug-likeness (QED) is 0.0346. The number of unbranched alkanes of at least 4 members (excludes halogenated alkanes) is 34. The van der Waals surface area contributed by atoms with Crippen LogP contribution in [0.2, 0.25) is 0 Å². The average Bonchev–Trinajstić information content (AvgIpc) is 3.27. The zero-order chi connectivity index (χ0) is 44.9. The second-order valence-corrected chi connectivity index (χ2v) is 18.5. The van der Waals surface area contributed by atoms with Crippen molar-refractivity contribution in [3.63, 3.8) is 0 Å². The van der Waals surface area contributed by atoms with Gasteiger partial charge in [0.25, 0.3) is 0 Å². The lowest BCUT2D eigenvalue weighted by molar-refractivity contribution is -0.163. The number of hydrogen-bond acceptors (Lipinski definition) is 5. The van der Waals surface area contributed by atoms with Crippen molar-refractivity contribution in [3.05, 3.63) is 36.5 Å². The Morgan fingerprint density at radius 1 is 0.355 bits per heavy atom. The van der Waals surface area contributed by atoms with Gasteiger partial charge in [-0.15, -0.1) is 0 Å². The summed E-state index contributed by atoms with van der Waals surface area (Å²) in [4.78, 5) is 25.4. The molecule has 0 aliphatic rings. The fraction of sp³-hybridized carbons (Fsp3) is 0.860. The summed E-state index contributed by atoms with van der Waals surface area (Å²) < 4.78 is 17.4. The van der Waals surface area contributed by atoms with Crippen LogP contribution in [0.15, 0.2) is 36.5 Å². The monoisotopic (exact) mass is 871 g/mol. The van der Waals surface area contributed by atoms with E-state index in [2.05, 4.69) is 57.2 Å². The number of ether oxygens (including phenoxy) is 3. The highest BCUT2D eigenvalue weighted by Gasteiger charge is 2.17. The van der Waals surface area contributed by atoms with Crippen LogP contribution in [0.5, 0.6) is 0 Å². The molecule has 0 fully saturated rings. The lowest BCUT2D eigenvalue weighted by Gasteiger charge is -2.18. The molecule has 0 radical (unpaired) electrons. The summed E-state index contributed by atoms with van der Waals surface area (Å²) in [5, 5.41) is 0. The van der Waals surface area contributed by atoms with Crippen LogP contribution in [0.3, 0.4) is 0 Å². The molecule has 0 bridgehead atoms. The Kier molecular flexibility index (Phi) is 51.8. The summed E-state index contributed by atoms with van der Waals surface area (Å²) in [6, 6.07) is 0. The van der Waals surface area contributed by atoms with Gasteiger partial charge in [0.1, 0.15) is 6.61 Å². The molecule has 0 rings (SSSR count). The van der Waals surface area contributed by atoms with E-state index in [4.69, 9.17) is 14.2 Å². The lowest BCUT2D eigenvalue weighted by Crippen LogP contribution is -2.30. The number of hydrogen-bond donors (Lipinski definition) is 0. The number of carbonyl (C=O) groups is 2. The molecular weight excluding hydrogens is 765 g/mol. The van der Waals surface area contributed by atoms with E-state index in [0.717, 1.165) is 57.8 Å². The van der Waals surface area contributed by atoms with Crippen molar-refractivity contribution in [3.8, 4) is 0 Å². The smallest absolute Gasteiger partial charge is 0.306 e. The zero-order valence-corrected chi connectivity index (χ0v) is 41.9. The van der Waals surface area contributed by atoms with Crippen LogP contribution in [0.4, 0.5) is 0 Å². The van der Waals surface area contributed by atoms with Crippen molar-refractivity contribution >= 4 is 11.9 Å². The first-order chi connectivity index (χ1) is 30.6. The largest absolute Gasteiger partial charge is 0.462 e. The summed E-state index contributed by atoms with van der Waals surface area (Å²) in [7, 11) is 0. The topological polar surface area (TPSA) is 61.8 Å². The van der Waals surface area contributed by atoms with E-state index in [9.17, 15) is 9.59 Å². The van der Waals surface area contributed by atoms with E-state index in [-0.39, 0.29) is 25.2 Å². The molecule has 0 saturated heterocycles. The molecule has 0 aliphatic heterocycles. The van der Waals surface area contributed by atoms with E-state index in [1.54, 1.807) is 0 Å². The van der Waals surface area contributed by atoms with Gasteiger partial charge in [0.05, 0.1) is 6.61 Å². The molecule has 62 heavy (non-hydrogen) atoms. The maximum atomic E-state index is 12.8. The normalized spacial score (nSPS) is 12.4. The third-order valence-electron chi connectivity index (χ3n) is 12.1. The maximum absolute atomic E-state index is 12.8. The van der Waals surface area contributed by atoms with E-state index >= 15 is 0 Å². The molecule has 0 heterocycles. The molecule has 0 amide bonds. The van der Waals surface area contributed by atoms with Crippen LogP contribution in [0.1, 0.15) is 290 Å². The molecule has 5 heteroatoms. The fourth-order valence-corrected chi connectivity index (χ4v) is 8.01. The van der Waals surface area contributed by atoms with Gasteiger partial charge in [0.2, 0.25) is 0 Å². The minimum absolute atomic E-state index is 0.0835. The molecule has 0 aliphatic carbocycles. The predicted molar refractivity (Wildman–Crippen MR) is 270 cm³/mol. The number of carbonyl (C=O) groups excluding carboxylic acids is 2. The van der Waals surface area contributed by atoms with E-state index in [1.165, 1.54) is 199 Å². The Labute approximate surface area is 387 Å². The van der Waals surface area contributed by atoms with Gasteiger partial charge < -0.3 is 14.2 Å². The van der Waals surface area contributed by atoms with Crippen LogP contribution >= 0.6 is 0 Å². The number of rotatable bonds is 51. The van der Waals surface area contributed by atoms with Crippen LogP contribution in [0.25, 0.3) is 0 Å². The van der Waals surface area contributed by atoms with Crippen LogP contribution in [0, 0.1) is 0 Å². The highest BCUT2D eigenvalue weighted by molar-refractivity contribution is 5.70. The summed E-state index contributed by atoms with van der Waals surface area (Å²) >= 11 is 0. The van der Waals surface area contributed by atoms with Gasteiger partial charge in [-0.3, -0.25) is 9.59 Å². The molecule has 1 unspecified atom stereocenters. The Morgan fingerprint density at radius 2 is 0.677 bits per heavy atom. The average molecular weight is 871 g/mol. The Balaban J connectivity index is 4.24. The maximum Gasteiger partial charge on any atom is 0.306 e. The predicted octanol–water partition coefficient (Wildman–Crippen LogP) is 18.6. The van der Waals surface area contributed by atoms with Gasteiger partial charge in [0, 0.05) is 19.4 Å². The summed E-state index contributed by atoms with van der Waals surface area (Å²) in [5.74, 6) is -0.395. The highest BCUT2D eigenvalue weighted by atomic mass is 16.6. The molecule has 0 aromatic rings. The van der Waals surface area contributed by atoms with Gasteiger partial charge in [-0.25, -0.2) is 0 Å².